The normalized spacial score (nSPS) is 21.8. The Kier molecular flexibility index (Phi) is 3.44. The van der Waals surface area contributed by atoms with Crippen LogP contribution < -0.4 is 14.8 Å². The number of hydrogen-bond acceptors (Lipinski definition) is 4. The third-order valence-corrected chi connectivity index (χ3v) is 4.49. The number of amides is 1. The first-order valence-electron chi connectivity index (χ1n) is 7.86. The van der Waals surface area contributed by atoms with E-state index >= 15 is 0 Å². The standard InChI is InChI=1S/C17H19N3O3/c1-20-12(4-5-19-20)10-18-17(21)14-9-13(14)11-2-3-15-16(8-11)23-7-6-22-15/h2-5,8,13-14H,6-7,9-10H2,1H3,(H,18,21)/t13-,14+/m1/s1. The summed E-state index contributed by atoms with van der Waals surface area (Å²) in [4.78, 5) is 12.3. The Balaban J connectivity index is 1.38. The maximum atomic E-state index is 12.3. The van der Waals surface area contributed by atoms with Gasteiger partial charge in [-0.1, -0.05) is 6.07 Å². The van der Waals surface area contributed by atoms with Crippen LogP contribution in [-0.4, -0.2) is 28.9 Å². The first kappa shape index (κ1) is 14.1. The molecular formula is C17H19N3O3. The molecule has 1 aromatic carbocycles. The van der Waals surface area contributed by atoms with Crippen LogP contribution in [0.1, 0.15) is 23.6 Å². The molecule has 2 aromatic rings. The van der Waals surface area contributed by atoms with Crippen LogP contribution in [0.4, 0.5) is 0 Å². The van der Waals surface area contributed by atoms with Crippen molar-refractivity contribution in [3.8, 4) is 11.5 Å². The number of ether oxygens (including phenoxy) is 2. The number of fused-ring (bicyclic) bond motifs is 1. The second-order valence-electron chi connectivity index (χ2n) is 6.02. The number of carbonyl (C=O) groups excluding carboxylic acids is 1. The Hall–Kier alpha value is -2.50. The van der Waals surface area contributed by atoms with E-state index in [4.69, 9.17) is 9.47 Å². The van der Waals surface area contributed by atoms with Gasteiger partial charge in [0.15, 0.2) is 11.5 Å². The molecule has 1 saturated carbocycles. The predicted molar refractivity (Wildman–Crippen MR) is 83.3 cm³/mol. The molecule has 1 aliphatic heterocycles. The maximum absolute atomic E-state index is 12.3. The van der Waals surface area contributed by atoms with Crippen LogP contribution in [-0.2, 0) is 18.4 Å². The van der Waals surface area contributed by atoms with Gasteiger partial charge in [-0.2, -0.15) is 5.10 Å². The zero-order valence-corrected chi connectivity index (χ0v) is 13.0. The molecule has 1 aromatic heterocycles. The van der Waals surface area contributed by atoms with Gasteiger partial charge in [-0.3, -0.25) is 9.48 Å². The van der Waals surface area contributed by atoms with Crippen molar-refractivity contribution in [2.45, 2.75) is 18.9 Å². The fourth-order valence-corrected chi connectivity index (χ4v) is 3.03. The van der Waals surface area contributed by atoms with Crippen molar-refractivity contribution in [1.82, 2.24) is 15.1 Å². The van der Waals surface area contributed by atoms with Crippen LogP contribution in [0, 0.1) is 5.92 Å². The molecule has 6 nitrogen and oxygen atoms in total. The Labute approximate surface area is 134 Å². The zero-order chi connectivity index (χ0) is 15.8. The Bertz CT molecular complexity index is 740. The maximum Gasteiger partial charge on any atom is 0.224 e. The summed E-state index contributed by atoms with van der Waals surface area (Å²) in [5, 5.41) is 7.09. The van der Waals surface area contributed by atoms with Crippen LogP contribution >= 0.6 is 0 Å². The molecule has 0 spiro atoms. The van der Waals surface area contributed by atoms with Gasteiger partial charge in [0.2, 0.25) is 5.91 Å². The smallest absolute Gasteiger partial charge is 0.224 e. The number of nitrogens with one attached hydrogen (secondary N) is 1. The molecule has 1 N–H and O–H groups in total. The molecule has 4 rings (SSSR count). The molecular weight excluding hydrogens is 294 g/mol. The van der Waals surface area contributed by atoms with E-state index in [1.165, 1.54) is 0 Å². The molecule has 1 fully saturated rings. The summed E-state index contributed by atoms with van der Waals surface area (Å²) >= 11 is 0. The minimum Gasteiger partial charge on any atom is -0.486 e. The Morgan fingerprint density at radius 1 is 1.30 bits per heavy atom. The largest absolute Gasteiger partial charge is 0.486 e. The van der Waals surface area contributed by atoms with Gasteiger partial charge in [0.25, 0.3) is 0 Å². The molecule has 2 atom stereocenters. The van der Waals surface area contributed by atoms with Gasteiger partial charge in [0.1, 0.15) is 13.2 Å². The van der Waals surface area contributed by atoms with Crippen LogP contribution in [0.3, 0.4) is 0 Å². The highest BCUT2D eigenvalue weighted by Crippen LogP contribution is 2.49. The van der Waals surface area contributed by atoms with Gasteiger partial charge in [0, 0.05) is 19.2 Å². The van der Waals surface area contributed by atoms with Crippen molar-refractivity contribution in [1.29, 1.82) is 0 Å². The molecule has 1 amide bonds. The van der Waals surface area contributed by atoms with Crippen molar-refractivity contribution >= 4 is 5.91 Å². The summed E-state index contributed by atoms with van der Waals surface area (Å²) < 4.78 is 12.9. The van der Waals surface area contributed by atoms with E-state index < -0.39 is 0 Å². The molecule has 0 bridgehead atoms. The number of rotatable bonds is 4. The number of benzene rings is 1. The lowest BCUT2D eigenvalue weighted by molar-refractivity contribution is -0.122. The highest BCUT2D eigenvalue weighted by atomic mass is 16.6. The van der Waals surface area contributed by atoms with Gasteiger partial charge < -0.3 is 14.8 Å². The summed E-state index contributed by atoms with van der Waals surface area (Å²) in [6, 6.07) is 7.89. The number of aryl methyl sites for hydroxylation is 1. The van der Waals surface area contributed by atoms with Gasteiger partial charge >= 0.3 is 0 Å². The lowest BCUT2D eigenvalue weighted by Gasteiger charge is -2.18. The molecule has 0 saturated heterocycles. The van der Waals surface area contributed by atoms with E-state index in [-0.39, 0.29) is 17.7 Å². The lowest BCUT2D eigenvalue weighted by atomic mass is 10.1. The predicted octanol–water partition coefficient (Wildman–Crippen LogP) is 1.61. The molecule has 120 valence electrons. The van der Waals surface area contributed by atoms with E-state index in [1.807, 2.05) is 31.3 Å². The molecule has 2 heterocycles. The van der Waals surface area contributed by atoms with E-state index in [9.17, 15) is 4.79 Å². The molecule has 23 heavy (non-hydrogen) atoms. The third kappa shape index (κ3) is 2.76. The van der Waals surface area contributed by atoms with E-state index in [0.29, 0.717) is 19.8 Å². The molecule has 0 radical (unpaired) electrons. The van der Waals surface area contributed by atoms with E-state index in [2.05, 4.69) is 10.4 Å². The molecule has 1 aliphatic carbocycles. The summed E-state index contributed by atoms with van der Waals surface area (Å²) in [6.07, 6.45) is 2.62. The third-order valence-electron chi connectivity index (χ3n) is 4.49. The highest BCUT2D eigenvalue weighted by Gasteiger charge is 2.44. The first-order valence-corrected chi connectivity index (χ1v) is 7.86. The van der Waals surface area contributed by atoms with Crippen molar-refractivity contribution < 1.29 is 14.3 Å². The average Bonchev–Trinajstić information content (AvgIpc) is 3.28. The summed E-state index contributed by atoms with van der Waals surface area (Å²) in [5.41, 5.74) is 2.14. The quantitative estimate of drug-likeness (QED) is 0.931. The number of nitrogens with zero attached hydrogens (tertiary/aromatic N) is 2. The monoisotopic (exact) mass is 313 g/mol. The molecule has 0 unspecified atom stereocenters. The minimum atomic E-state index is 0.0470. The summed E-state index contributed by atoms with van der Waals surface area (Å²) in [5.74, 6) is 2.00. The van der Waals surface area contributed by atoms with Crippen LogP contribution in [0.2, 0.25) is 0 Å². The topological polar surface area (TPSA) is 65.4 Å². The average molecular weight is 313 g/mol. The van der Waals surface area contributed by atoms with E-state index in [0.717, 1.165) is 29.2 Å². The Morgan fingerprint density at radius 3 is 2.91 bits per heavy atom. The van der Waals surface area contributed by atoms with Crippen molar-refractivity contribution in [3.05, 3.63) is 41.7 Å². The summed E-state index contributed by atoms with van der Waals surface area (Å²) in [6.45, 7) is 1.68. The Morgan fingerprint density at radius 2 is 2.13 bits per heavy atom. The number of aromatic nitrogens is 2. The van der Waals surface area contributed by atoms with Crippen LogP contribution in [0.5, 0.6) is 11.5 Å². The first-order chi connectivity index (χ1) is 11.2. The SMILES string of the molecule is Cn1nccc1CNC(=O)[C@H]1C[C@@H]1c1ccc2c(c1)OCCO2. The number of hydrogen-bond donors (Lipinski definition) is 1. The summed E-state index contributed by atoms with van der Waals surface area (Å²) in [7, 11) is 1.87. The molecule has 6 heteroatoms. The fraction of sp³-hybridized carbons (Fsp3) is 0.412. The van der Waals surface area contributed by atoms with E-state index in [1.54, 1.807) is 10.9 Å². The minimum absolute atomic E-state index is 0.0470. The van der Waals surface area contributed by atoms with Crippen molar-refractivity contribution in [2.75, 3.05) is 13.2 Å². The van der Waals surface area contributed by atoms with Gasteiger partial charge in [-0.05, 0) is 36.1 Å². The lowest BCUT2D eigenvalue weighted by Crippen LogP contribution is -2.26. The highest BCUT2D eigenvalue weighted by molar-refractivity contribution is 5.82. The van der Waals surface area contributed by atoms with Gasteiger partial charge in [-0.15, -0.1) is 0 Å². The van der Waals surface area contributed by atoms with Crippen LogP contribution in [0.25, 0.3) is 0 Å². The second-order valence-corrected chi connectivity index (χ2v) is 6.02. The van der Waals surface area contributed by atoms with Gasteiger partial charge in [0.05, 0.1) is 12.2 Å². The van der Waals surface area contributed by atoms with Gasteiger partial charge in [-0.25, -0.2) is 0 Å². The zero-order valence-electron chi connectivity index (χ0n) is 13.0. The number of carbonyl (C=O) groups is 1. The fourth-order valence-electron chi connectivity index (χ4n) is 3.03. The second kappa shape index (κ2) is 5.61. The van der Waals surface area contributed by atoms with Crippen LogP contribution in [0.15, 0.2) is 30.5 Å². The van der Waals surface area contributed by atoms with Crippen molar-refractivity contribution in [2.24, 2.45) is 13.0 Å². The van der Waals surface area contributed by atoms with Crippen molar-refractivity contribution in [3.63, 3.8) is 0 Å². The molecule has 2 aliphatic rings.